The van der Waals surface area contributed by atoms with Gasteiger partial charge in [-0.1, -0.05) is 37.3 Å². The number of nitrogens with zero attached hydrogens (tertiary/aromatic N) is 1. The third-order valence-electron chi connectivity index (χ3n) is 3.01. The standard InChI is InChI=1S/C13H17NO/c1-2-14(12-8-9-12)13(10-15)11-6-4-3-5-7-11/h3-7,10,12-13H,2,8-9H2,1H3/t13-/m0/s1. The largest absolute Gasteiger partial charge is 0.301 e. The van der Waals surface area contributed by atoms with E-state index >= 15 is 0 Å². The molecule has 2 nitrogen and oxygen atoms in total. The van der Waals surface area contributed by atoms with E-state index < -0.39 is 0 Å². The lowest BCUT2D eigenvalue weighted by atomic mass is 10.1. The van der Waals surface area contributed by atoms with Gasteiger partial charge in [0.05, 0.1) is 6.04 Å². The van der Waals surface area contributed by atoms with E-state index in [1.54, 1.807) is 0 Å². The lowest BCUT2D eigenvalue weighted by molar-refractivity contribution is -0.112. The molecule has 1 saturated carbocycles. The summed E-state index contributed by atoms with van der Waals surface area (Å²) in [6, 6.07) is 10.6. The zero-order valence-electron chi connectivity index (χ0n) is 9.10. The van der Waals surface area contributed by atoms with Crippen molar-refractivity contribution in [2.45, 2.75) is 31.8 Å². The first-order valence-electron chi connectivity index (χ1n) is 5.62. The van der Waals surface area contributed by atoms with Crippen molar-refractivity contribution in [3.63, 3.8) is 0 Å². The maximum atomic E-state index is 11.2. The zero-order valence-corrected chi connectivity index (χ0v) is 9.10. The first-order chi connectivity index (χ1) is 7.36. The molecule has 1 aliphatic rings. The van der Waals surface area contributed by atoms with E-state index in [9.17, 15) is 4.79 Å². The molecule has 1 aromatic rings. The first kappa shape index (κ1) is 10.4. The molecule has 0 radical (unpaired) electrons. The van der Waals surface area contributed by atoms with Crippen LogP contribution in [0, 0.1) is 0 Å². The van der Waals surface area contributed by atoms with Gasteiger partial charge in [0.25, 0.3) is 0 Å². The normalized spacial score (nSPS) is 17.7. The summed E-state index contributed by atoms with van der Waals surface area (Å²) in [7, 11) is 0. The fourth-order valence-electron chi connectivity index (χ4n) is 2.09. The number of rotatable bonds is 5. The van der Waals surface area contributed by atoms with E-state index in [2.05, 4.69) is 11.8 Å². The molecule has 0 aromatic heterocycles. The molecule has 0 bridgehead atoms. The Hall–Kier alpha value is -1.15. The minimum absolute atomic E-state index is 0.0521. The van der Waals surface area contributed by atoms with Gasteiger partial charge in [-0.2, -0.15) is 0 Å². The first-order valence-corrected chi connectivity index (χ1v) is 5.62. The van der Waals surface area contributed by atoms with Crippen molar-refractivity contribution < 1.29 is 4.79 Å². The van der Waals surface area contributed by atoms with Gasteiger partial charge in [0, 0.05) is 6.04 Å². The molecule has 15 heavy (non-hydrogen) atoms. The van der Waals surface area contributed by atoms with Gasteiger partial charge in [-0.05, 0) is 24.9 Å². The molecule has 0 amide bonds. The number of aldehydes is 1. The molecule has 0 saturated heterocycles. The molecule has 1 aliphatic carbocycles. The van der Waals surface area contributed by atoms with Gasteiger partial charge in [0.2, 0.25) is 0 Å². The summed E-state index contributed by atoms with van der Waals surface area (Å²) in [6.07, 6.45) is 3.55. The fourth-order valence-corrected chi connectivity index (χ4v) is 2.09. The second-order valence-electron chi connectivity index (χ2n) is 4.05. The molecule has 1 aromatic carbocycles. The summed E-state index contributed by atoms with van der Waals surface area (Å²) in [5, 5.41) is 0. The van der Waals surface area contributed by atoms with Crippen LogP contribution < -0.4 is 0 Å². The lowest BCUT2D eigenvalue weighted by Gasteiger charge is -2.26. The quantitative estimate of drug-likeness (QED) is 0.685. The predicted octanol–water partition coefficient (Wildman–Crippen LogP) is 2.41. The maximum Gasteiger partial charge on any atom is 0.141 e. The average molecular weight is 203 g/mol. The van der Waals surface area contributed by atoms with Crippen LogP contribution in [0.15, 0.2) is 30.3 Å². The van der Waals surface area contributed by atoms with Gasteiger partial charge in [0.1, 0.15) is 6.29 Å². The second-order valence-corrected chi connectivity index (χ2v) is 4.05. The second kappa shape index (κ2) is 4.58. The molecule has 0 unspecified atom stereocenters. The summed E-state index contributed by atoms with van der Waals surface area (Å²) in [5.41, 5.74) is 1.11. The Morgan fingerprint density at radius 2 is 2.07 bits per heavy atom. The third kappa shape index (κ3) is 2.26. The minimum Gasteiger partial charge on any atom is -0.301 e. The van der Waals surface area contributed by atoms with E-state index in [4.69, 9.17) is 0 Å². The highest BCUT2D eigenvalue weighted by Crippen LogP contribution is 2.32. The van der Waals surface area contributed by atoms with Crippen LogP contribution in [0.4, 0.5) is 0 Å². The highest BCUT2D eigenvalue weighted by atomic mass is 16.1. The number of carbonyl (C=O) groups excluding carboxylic acids is 1. The van der Waals surface area contributed by atoms with E-state index in [0.717, 1.165) is 18.4 Å². The SMILES string of the molecule is CCN(C1CC1)[C@@H](C=O)c1ccccc1. The van der Waals surface area contributed by atoms with Crippen molar-refractivity contribution in [2.75, 3.05) is 6.54 Å². The number of benzene rings is 1. The molecule has 0 aliphatic heterocycles. The molecule has 1 fully saturated rings. The molecular weight excluding hydrogens is 186 g/mol. The summed E-state index contributed by atoms with van der Waals surface area (Å²) in [6.45, 7) is 3.07. The fraction of sp³-hybridized carbons (Fsp3) is 0.462. The van der Waals surface area contributed by atoms with Crippen LogP contribution in [-0.2, 0) is 4.79 Å². The average Bonchev–Trinajstić information content (AvgIpc) is 3.11. The van der Waals surface area contributed by atoms with Crippen molar-refractivity contribution in [1.82, 2.24) is 4.90 Å². The van der Waals surface area contributed by atoms with Crippen LogP contribution in [0.25, 0.3) is 0 Å². The topological polar surface area (TPSA) is 20.3 Å². The van der Waals surface area contributed by atoms with Gasteiger partial charge >= 0.3 is 0 Å². The molecule has 0 spiro atoms. The molecule has 0 N–H and O–H groups in total. The Labute approximate surface area is 90.9 Å². The molecule has 0 heterocycles. The Kier molecular flexibility index (Phi) is 3.17. The monoisotopic (exact) mass is 203 g/mol. The van der Waals surface area contributed by atoms with Crippen LogP contribution in [0.2, 0.25) is 0 Å². The van der Waals surface area contributed by atoms with Crippen LogP contribution in [0.1, 0.15) is 31.4 Å². The van der Waals surface area contributed by atoms with Crippen molar-refractivity contribution >= 4 is 6.29 Å². The smallest absolute Gasteiger partial charge is 0.141 e. The van der Waals surface area contributed by atoms with E-state index in [1.165, 1.54) is 12.8 Å². The summed E-state index contributed by atoms with van der Waals surface area (Å²) < 4.78 is 0. The molecule has 2 rings (SSSR count). The molecule has 80 valence electrons. The zero-order chi connectivity index (χ0) is 10.7. The number of likely N-dealkylation sites (N-methyl/N-ethyl adjacent to an activating group) is 1. The van der Waals surface area contributed by atoms with Crippen molar-refractivity contribution in [1.29, 1.82) is 0 Å². The molecular formula is C13H17NO. The van der Waals surface area contributed by atoms with Gasteiger partial charge < -0.3 is 4.79 Å². The van der Waals surface area contributed by atoms with E-state index in [0.29, 0.717) is 6.04 Å². The van der Waals surface area contributed by atoms with Crippen molar-refractivity contribution in [3.05, 3.63) is 35.9 Å². The Morgan fingerprint density at radius 3 is 2.53 bits per heavy atom. The Morgan fingerprint density at radius 1 is 1.40 bits per heavy atom. The van der Waals surface area contributed by atoms with Gasteiger partial charge in [-0.25, -0.2) is 0 Å². The Balaban J connectivity index is 2.18. The van der Waals surface area contributed by atoms with Gasteiger partial charge in [-0.3, -0.25) is 4.90 Å². The summed E-state index contributed by atoms with van der Waals surface area (Å²) in [4.78, 5) is 13.5. The number of hydrogen-bond donors (Lipinski definition) is 0. The van der Waals surface area contributed by atoms with Crippen molar-refractivity contribution in [2.24, 2.45) is 0 Å². The highest BCUT2D eigenvalue weighted by Gasteiger charge is 2.33. The summed E-state index contributed by atoms with van der Waals surface area (Å²) >= 11 is 0. The van der Waals surface area contributed by atoms with Gasteiger partial charge in [-0.15, -0.1) is 0 Å². The highest BCUT2D eigenvalue weighted by molar-refractivity contribution is 5.61. The maximum absolute atomic E-state index is 11.2. The van der Waals surface area contributed by atoms with E-state index in [-0.39, 0.29) is 6.04 Å². The van der Waals surface area contributed by atoms with Crippen LogP contribution in [-0.4, -0.2) is 23.8 Å². The molecule has 2 heteroatoms. The number of carbonyl (C=O) groups is 1. The van der Waals surface area contributed by atoms with E-state index in [1.807, 2.05) is 30.3 Å². The van der Waals surface area contributed by atoms with Crippen LogP contribution in [0.5, 0.6) is 0 Å². The summed E-state index contributed by atoms with van der Waals surface area (Å²) in [5.74, 6) is 0. The number of hydrogen-bond acceptors (Lipinski definition) is 2. The predicted molar refractivity (Wildman–Crippen MR) is 60.6 cm³/mol. The lowest BCUT2D eigenvalue weighted by Crippen LogP contribution is -2.31. The van der Waals surface area contributed by atoms with Crippen LogP contribution >= 0.6 is 0 Å². The van der Waals surface area contributed by atoms with Gasteiger partial charge in [0.15, 0.2) is 0 Å². The van der Waals surface area contributed by atoms with Crippen LogP contribution in [0.3, 0.4) is 0 Å². The Bertz CT molecular complexity index is 319. The van der Waals surface area contributed by atoms with Crippen molar-refractivity contribution in [3.8, 4) is 0 Å². The minimum atomic E-state index is -0.0521. The molecule has 1 atom stereocenters. The third-order valence-corrected chi connectivity index (χ3v) is 3.01.